The number of aromatic nitrogens is 2. The molecule has 3 aromatic rings. The zero-order valence-electron chi connectivity index (χ0n) is 11.2. The van der Waals surface area contributed by atoms with Crippen molar-refractivity contribution in [1.82, 2.24) is 9.55 Å². The Morgan fingerprint density at radius 3 is 2.81 bits per heavy atom. The number of methoxy groups -OCH3 is 1. The first-order valence-electron chi connectivity index (χ1n) is 6.16. The SMILES string of the molecule is COc1cc(-n2c(N)nc3ccc(C#N)cc32)ccc1F. The van der Waals surface area contributed by atoms with Crippen molar-refractivity contribution >= 4 is 17.0 Å². The number of nitrogens with zero attached hydrogens (tertiary/aromatic N) is 3. The molecule has 6 heteroatoms. The Bertz CT molecular complexity index is 879. The van der Waals surface area contributed by atoms with Crippen molar-refractivity contribution in [1.29, 1.82) is 5.26 Å². The Hall–Kier alpha value is -3.07. The molecule has 104 valence electrons. The summed E-state index contributed by atoms with van der Waals surface area (Å²) in [4.78, 5) is 4.24. The topological polar surface area (TPSA) is 76.9 Å². The van der Waals surface area contributed by atoms with E-state index in [0.717, 1.165) is 0 Å². The summed E-state index contributed by atoms with van der Waals surface area (Å²) in [6.45, 7) is 0. The fourth-order valence-electron chi connectivity index (χ4n) is 2.22. The van der Waals surface area contributed by atoms with Crippen LogP contribution in [0.2, 0.25) is 0 Å². The number of hydrogen-bond donors (Lipinski definition) is 1. The van der Waals surface area contributed by atoms with Crippen LogP contribution in [0.15, 0.2) is 36.4 Å². The van der Waals surface area contributed by atoms with Crippen LogP contribution in [0.4, 0.5) is 10.3 Å². The van der Waals surface area contributed by atoms with Gasteiger partial charge in [-0.15, -0.1) is 0 Å². The van der Waals surface area contributed by atoms with E-state index in [-0.39, 0.29) is 11.7 Å². The fraction of sp³-hybridized carbons (Fsp3) is 0.0667. The summed E-state index contributed by atoms with van der Waals surface area (Å²) in [5.74, 6) is -0.0825. The largest absolute Gasteiger partial charge is 0.494 e. The van der Waals surface area contributed by atoms with Crippen LogP contribution in [0, 0.1) is 17.1 Å². The van der Waals surface area contributed by atoms with Gasteiger partial charge < -0.3 is 10.5 Å². The molecule has 0 spiro atoms. The maximum atomic E-state index is 13.5. The maximum Gasteiger partial charge on any atom is 0.205 e. The van der Waals surface area contributed by atoms with Gasteiger partial charge in [-0.25, -0.2) is 9.37 Å². The first kappa shape index (κ1) is 12.9. The van der Waals surface area contributed by atoms with Crippen LogP contribution in [0.5, 0.6) is 5.75 Å². The Morgan fingerprint density at radius 1 is 1.29 bits per heavy atom. The monoisotopic (exact) mass is 282 g/mol. The molecule has 21 heavy (non-hydrogen) atoms. The molecule has 0 radical (unpaired) electrons. The van der Waals surface area contributed by atoms with Crippen LogP contribution in [-0.4, -0.2) is 16.7 Å². The summed E-state index contributed by atoms with van der Waals surface area (Å²) in [6.07, 6.45) is 0. The molecule has 3 rings (SSSR count). The lowest BCUT2D eigenvalue weighted by Gasteiger charge is -2.09. The van der Waals surface area contributed by atoms with Crippen LogP contribution < -0.4 is 10.5 Å². The summed E-state index contributed by atoms with van der Waals surface area (Å²) in [6, 6.07) is 11.6. The molecule has 0 aliphatic rings. The molecule has 2 N–H and O–H groups in total. The zero-order chi connectivity index (χ0) is 15.0. The number of fused-ring (bicyclic) bond motifs is 1. The number of nitrogens with two attached hydrogens (primary N) is 1. The molecule has 0 aliphatic carbocycles. The van der Waals surface area contributed by atoms with Crippen LogP contribution in [0.3, 0.4) is 0 Å². The molecule has 0 fully saturated rings. The van der Waals surface area contributed by atoms with Gasteiger partial charge in [0.1, 0.15) is 0 Å². The minimum atomic E-state index is -0.457. The molecule has 0 unspecified atom stereocenters. The Balaban J connectivity index is 2.29. The number of nitriles is 1. The third-order valence-electron chi connectivity index (χ3n) is 3.20. The van der Waals surface area contributed by atoms with E-state index in [9.17, 15) is 4.39 Å². The number of imidazole rings is 1. The predicted octanol–water partition coefficient (Wildman–Crippen LogP) is 2.63. The lowest BCUT2D eigenvalue weighted by atomic mass is 10.2. The van der Waals surface area contributed by atoms with E-state index in [1.807, 2.05) is 0 Å². The van der Waals surface area contributed by atoms with Crippen LogP contribution in [0.1, 0.15) is 5.56 Å². The number of hydrogen-bond acceptors (Lipinski definition) is 4. The van der Waals surface area contributed by atoms with Gasteiger partial charge in [0.2, 0.25) is 5.95 Å². The average Bonchev–Trinajstić information content (AvgIpc) is 2.82. The first-order valence-corrected chi connectivity index (χ1v) is 6.16. The van der Waals surface area contributed by atoms with E-state index < -0.39 is 5.82 Å². The lowest BCUT2D eigenvalue weighted by Crippen LogP contribution is -2.01. The molecule has 1 aromatic heterocycles. The third kappa shape index (κ3) is 2.05. The molecule has 0 bridgehead atoms. The van der Waals surface area contributed by atoms with Gasteiger partial charge in [-0.1, -0.05) is 0 Å². The van der Waals surface area contributed by atoms with Crippen molar-refractivity contribution in [3.05, 3.63) is 47.8 Å². The summed E-state index contributed by atoms with van der Waals surface area (Å²) >= 11 is 0. The van der Waals surface area contributed by atoms with Crippen LogP contribution in [-0.2, 0) is 0 Å². The molecular formula is C15H11FN4O. The number of anilines is 1. The molecule has 1 heterocycles. The summed E-state index contributed by atoms with van der Waals surface area (Å²) < 4.78 is 20.2. The average molecular weight is 282 g/mol. The van der Waals surface area contributed by atoms with Crippen molar-refractivity contribution < 1.29 is 9.13 Å². The molecule has 0 saturated heterocycles. The van der Waals surface area contributed by atoms with Crippen molar-refractivity contribution in [3.8, 4) is 17.5 Å². The molecular weight excluding hydrogens is 271 g/mol. The Labute approximate surface area is 120 Å². The van der Waals surface area contributed by atoms with E-state index in [4.69, 9.17) is 15.7 Å². The quantitative estimate of drug-likeness (QED) is 0.783. The first-order chi connectivity index (χ1) is 10.1. The Kier molecular flexibility index (Phi) is 2.95. The highest BCUT2D eigenvalue weighted by atomic mass is 19.1. The van der Waals surface area contributed by atoms with Crippen LogP contribution in [0.25, 0.3) is 16.7 Å². The van der Waals surface area contributed by atoms with Crippen molar-refractivity contribution in [3.63, 3.8) is 0 Å². The summed E-state index contributed by atoms with van der Waals surface area (Å²) in [5, 5.41) is 9.00. The lowest BCUT2D eigenvalue weighted by molar-refractivity contribution is 0.386. The zero-order valence-corrected chi connectivity index (χ0v) is 11.2. The second-order valence-corrected chi connectivity index (χ2v) is 4.44. The van der Waals surface area contributed by atoms with Crippen molar-refractivity contribution in [2.24, 2.45) is 0 Å². The molecule has 0 amide bonds. The molecule has 2 aromatic carbocycles. The van der Waals surface area contributed by atoms with Crippen molar-refractivity contribution in [2.75, 3.05) is 12.8 Å². The van der Waals surface area contributed by atoms with Gasteiger partial charge in [0.05, 0.1) is 35.5 Å². The minimum Gasteiger partial charge on any atom is -0.494 e. The van der Waals surface area contributed by atoms with E-state index in [1.54, 1.807) is 28.8 Å². The van der Waals surface area contributed by atoms with Gasteiger partial charge in [-0.05, 0) is 30.3 Å². The number of nitrogen functional groups attached to an aromatic ring is 1. The van der Waals surface area contributed by atoms with Gasteiger partial charge >= 0.3 is 0 Å². The maximum absolute atomic E-state index is 13.5. The minimum absolute atomic E-state index is 0.116. The summed E-state index contributed by atoms with van der Waals surface area (Å²) in [7, 11) is 1.39. The van der Waals surface area contributed by atoms with Crippen molar-refractivity contribution in [2.45, 2.75) is 0 Å². The second-order valence-electron chi connectivity index (χ2n) is 4.44. The van der Waals surface area contributed by atoms with Gasteiger partial charge in [-0.3, -0.25) is 4.57 Å². The highest BCUT2D eigenvalue weighted by molar-refractivity contribution is 5.82. The molecule has 0 atom stereocenters. The molecule has 0 saturated carbocycles. The van der Waals surface area contributed by atoms with E-state index in [0.29, 0.717) is 22.3 Å². The smallest absolute Gasteiger partial charge is 0.205 e. The highest BCUT2D eigenvalue weighted by Crippen LogP contribution is 2.27. The van der Waals surface area contributed by atoms with Gasteiger partial charge in [0.15, 0.2) is 11.6 Å². The summed E-state index contributed by atoms with van der Waals surface area (Å²) in [5.41, 5.74) is 8.40. The van der Waals surface area contributed by atoms with Gasteiger partial charge in [0, 0.05) is 6.07 Å². The molecule has 0 aliphatic heterocycles. The standard InChI is InChI=1S/C15H11FN4O/c1-21-14-7-10(3-4-11(14)16)20-13-6-9(8-17)2-5-12(13)19-15(20)18/h2-7H,1H3,(H2,18,19). The predicted molar refractivity (Wildman–Crippen MR) is 76.7 cm³/mol. The highest BCUT2D eigenvalue weighted by Gasteiger charge is 2.13. The number of rotatable bonds is 2. The van der Waals surface area contributed by atoms with E-state index >= 15 is 0 Å². The second kappa shape index (κ2) is 4.80. The fourth-order valence-corrected chi connectivity index (χ4v) is 2.22. The van der Waals surface area contributed by atoms with E-state index in [2.05, 4.69) is 11.1 Å². The normalized spacial score (nSPS) is 10.5. The van der Waals surface area contributed by atoms with Gasteiger partial charge in [0.25, 0.3) is 0 Å². The number of ether oxygens (including phenoxy) is 1. The third-order valence-corrected chi connectivity index (χ3v) is 3.20. The van der Waals surface area contributed by atoms with Gasteiger partial charge in [-0.2, -0.15) is 5.26 Å². The number of halogens is 1. The number of benzene rings is 2. The molecule has 5 nitrogen and oxygen atoms in total. The van der Waals surface area contributed by atoms with Crippen LogP contribution >= 0.6 is 0 Å². The Morgan fingerprint density at radius 2 is 2.10 bits per heavy atom. The van der Waals surface area contributed by atoms with E-state index in [1.165, 1.54) is 19.2 Å².